The molecule has 0 bridgehead atoms. The molecule has 3 aromatic carbocycles. The molecule has 2 aliphatic rings. The van der Waals surface area contributed by atoms with E-state index in [1.807, 2.05) is 61.2 Å². The highest BCUT2D eigenvalue weighted by atomic mass is 35.7. The van der Waals surface area contributed by atoms with Crippen molar-refractivity contribution in [3.05, 3.63) is 144 Å². The van der Waals surface area contributed by atoms with Gasteiger partial charge in [0.1, 0.15) is 12.1 Å². The Bertz CT molecular complexity index is 1500. The summed E-state index contributed by atoms with van der Waals surface area (Å²) in [7, 11) is 6.18. The van der Waals surface area contributed by atoms with E-state index in [1.54, 1.807) is 7.05 Å². The SMILES string of the molecule is CN=C(/C=C\N(C)C1CN(C(c2ccccc2)(c2ccccc2)c2ccccc2)CC(COP(Cl)N(C)C)O1)NC(=O)C1=CCCC=C1. The lowest BCUT2D eigenvalue weighted by molar-refractivity contribution is -0.156. The standard InChI is InChI=1S/C38H45ClN5O3P/c1-40-35(41-37(45)30-17-9-5-10-18-30)25-26-43(4)36-28-44(27-34(47-36)29-46-48(39)42(2)3)38(31-19-11-6-12-20-31,32-21-13-7-14-22-32)33-23-15-8-16-24-33/h6-9,11-26,34,36H,5,10,27-29H2,1-4H3,(H,40,41,45)/b26-25-. The Morgan fingerprint density at radius 2 is 1.56 bits per heavy atom. The van der Waals surface area contributed by atoms with Gasteiger partial charge in [0.05, 0.1) is 18.2 Å². The normalized spacial score (nSPS) is 19.7. The van der Waals surface area contributed by atoms with E-state index < -0.39 is 13.2 Å². The number of amides is 1. The number of hydrogen-bond acceptors (Lipinski definition) is 7. The Morgan fingerprint density at radius 1 is 0.979 bits per heavy atom. The first-order valence-electron chi connectivity index (χ1n) is 16.2. The Balaban J connectivity index is 1.51. The summed E-state index contributed by atoms with van der Waals surface area (Å²) in [6.07, 6.45) is 10.7. The molecule has 48 heavy (non-hydrogen) atoms. The Labute approximate surface area is 291 Å². The Hall–Kier alpha value is -3.62. The van der Waals surface area contributed by atoms with Crippen LogP contribution < -0.4 is 5.32 Å². The topological polar surface area (TPSA) is 69.6 Å². The van der Waals surface area contributed by atoms with Crippen LogP contribution in [0.25, 0.3) is 0 Å². The van der Waals surface area contributed by atoms with Crippen molar-refractivity contribution in [3.63, 3.8) is 0 Å². The zero-order valence-electron chi connectivity index (χ0n) is 28.1. The molecule has 1 N–H and O–H groups in total. The number of halogens is 1. The second-order valence-corrected chi connectivity index (χ2v) is 14.4. The summed E-state index contributed by atoms with van der Waals surface area (Å²) in [5, 5.41) is 2.93. The van der Waals surface area contributed by atoms with E-state index in [1.165, 1.54) is 0 Å². The zero-order valence-corrected chi connectivity index (χ0v) is 29.7. The van der Waals surface area contributed by atoms with Gasteiger partial charge in [-0.3, -0.25) is 19.4 Å². The molecule has 0 saturated carbocycles. The molecule has 1 aliphatic heterocycles. The van der Waals surface area contributed by atoms with Crippen LogP contribution in [0.4, 0.5) is 0 Å². The molecule has 3 aromatic rings. The van der Waals surface area contributed by atoms with E-state index >= 15 is 0 Å². The van der Waals surface area contributed by atoms with E-state index in [2.05, 4.69) is 106 Å². The van der Waals surface area contributed by atoms with Crippen molar-refractivity contribution in [2.45, 2.75) is 30.7 Å². The molecule has 0 spiro atoms. The zero-order chi connectivity index (χ0) is 33.9. The highest BCUT2D eigenvalue weighted by Crippen LogP contribution is 2.46. The number of carbonyl (C=O) groups excluding carboxylic acids is 1. The summed E-state index contributed by atoms with van der Waals surface area (Å²) in [6, 6.07) is 32.0. The summed E-state index contributed by atoms with van der Waals surface area (Å²) in [4.78, 5) is 21.7. The summed E-state index contributed by atoms with van der Waals surface area (Å²) in [5.74, 6) is 0.290. The van der Waals surface area contributed by atoms with E-state index in [4.69, 9.17) is 20.5 Å². The molecule has 3 atom stereocenters. The average molecular weight is 686 g/mol. The number of morpholine rings is 1. The molecule has 1 heterocycles. The van der Waals surface area contributed by atoms with Crippen LogP contribution in [0, 0.1) is 0 Å². The first-order chi connectivity index (χ1) is 23.3. The predicted molar refractivity (Wildman–Crippen MR) is 197 cm³/mol. The van der Waals surface area contributed by atoms with Gasteiger partial charge < -0.3 is 19.5 Å². The van der Waals surface area contributed by atoms with Gasteiger partial charge in [0, 0.05) is 39.0 Å². The van der Waals surface area contributed by atoms with Gasteiger partial charge in [0.25, 0.3) is 5.91 Å². The number of nitrogens with one attached hydrogen (secondary N) is 1. The van der Waals surface area contributed by atoms with Gasteiger partial charge in [0.2, 0.25) is 7.65 Å². The monoisotopic (exact) mass is 685 g/mol. The molecular weight excluding hydrogens is 641 g/mol. The van der Waals surface area contributed by atoms with Gasteiger partial charge in [-0.25, -0.2) is 0 Å². The number of allylic oxidation sites excluding steroid dienone is 2. The third-order valence-corrected chi connectivity index (χ3v) is 10.7. The van der Waals surface area contributed by atoms with Crippen molar-refractivity contribution in [2.24, 2.45) is 4.99 Å². The lowest BCUT2D eigenvalue weighted by Gasteiger charge is -2.51. The van der Waals surface area contributed by atoms with Gasteiger partial charge in [0.15, 0.2) is 0 Å². The largest absolute Gasteiger partial charge is 0.354 e. The van der Waals surface area contributed by atoms with Crippen LogP contribution in [0.5, 0.6) is 0 Å². The third kappa shape index (κ3) is 8.50. The number of hydrogen-bond donors (Lipinski definition) is 1. The molecule has 1 aliphatic carbocycles. The number of aliphatic imine (C=N–C) groups is 1. The van der Waals surface area contributed by atoms with Crippen LogP contribution in [-0.2, 0) is 19.6 Å². The maximum absolute atomic E-state index is 12.9. The minimum absolute atomic E-state index is 0.173. The van der Waals surface area contributed by atoms with Crippen molar-refractivity contribution in [1.29, 1.82) is 0 Å². The van der Waals surface area contributed by atoms with Gasteiger partial charge in [-0.2, -0.15) is 0 Å². The van der Waals surface area contributed by atoms with Gasteiger partial charge in [-0.15, -0.1) is 0 Å². The Morgan fingerprint density at radius 3 is 2.06 bits per heavy atom. The number of amidine groups is 1. The van der Waals surface area contributed by atoms with Crippen LogP contribution in [-0.4, -0.2) is 86.4 Å². The number of benzene rings is 3. The van der Waals surface area contributed by atoms with Gasteiger partial charge >= 0.3 is 0 Å². The summed E-state index contributed by atoms with van der Waals surface area (Å²) >= 11 is 6.57. The van der Waals surface area contributed by atoms with Crippen molar-refractivity contribution >= 4 is 30.6 Å². The molecule has 0 radical (unpaired) electrons. The molecule has 8 nitrogen and oxygen atoms in total. The minimum atomic E-state index is -1.29. The second-order valence-electron chi connectivity index (χ2n) is 12.0. The van der Waals surface area contributed by atoms with Crippen molar-refractivity contribution in [2.75, 3.05) is 47.9 Å². The maximum Gasteiger partial charge on any atom is 0.256 e. The fourth-order valence-electron chi connectivity index (χ4n) is 6.18. The second kappa shape index (κ2) is 17.2. The van der Waals surface area contributed by atoms with Crippen molar-refractivity contribution in [3.8, 4) is 0 Å². The van der Waals surface area contributed by atoms with Gasteiger partial charge in [-0.05, 0) is 60.9 Å². The van der Waals surface area contributed by atoms with Crippen LogP contribution in [0.15, 0.2) is 132 Å². The van der Waals surface area contributed by atoms with Crippen molar-refractivity contribution < 1.29 is 14.1 Å². The van der Waals surface area contributed by atoms with Crippen LogP contribution >= 0.6 is 18.9 Å². The average Bonchev–Trinajstić information content (AvgIpc) is 3.14. The van der Waals surface area contributed by atoms with Crippen LogP contribution in [0.1, 0.15) is 29.5 Å². The Kier molecular flexibility index (Phi) is 12.8. The number of carbonyl (C=O) groups is 1. The number of ether oxygens (including phenoxy) is 1. The summed E-state index contributed by atoms with van der Waals surface area (Å²) < 4.78 is 14.8. The highest BCUT2D eigenvalue weighted by molar-refractivity contribution is 7.78. The van der Waals surface area contributed by atoms with E-state index in [0.717, 1.165) is 29.5 Å². The van der Waals surface area contributed by atoms with E-state index in [-0.39, 0.29) is 18.2 Å². The minimum Gasteiger partial charge on any atom is -0.354 e. The maximum atomic E-state index is 12.9. The van der Waals surface area contributed by atoms with Crippen molar-refractivity contribution in [1.82, 2.24) is 19.8 Å². The molecule has 3 unspecified atom stereocenters. The highest BCUT2D eigenvalue weighted by Gasteiger charge is 2.46. The smallest absolute Gasteiger partial charge is 0.256 e. The van der Waals surface area contributed by atoms with E-state index in [9.17, 15) is 4.79 Å². The number of rotatable bonds is 12. The van der Waals surface area contributed by atoms with E-state index in [0.29, 0.717) is 31.1 Å². The van der Waals surface area contributed by atoms with Crippen LogP contribution in [0.2, 0.25) is 0 Å². The third-order valence-electron chi connectivity index (χ3n) is 8.54. The molecule has 10 heteroatoms. The quantitative estimate of drug-likeness (QED) is 0.0967. The summed E-state index contributed by atoms with van der Waals surface area (Å²) in [6.45, 7) is 1.50. The molecule has 5 rings (SSSR count). The fraction of sp³-hybridized carbons (Fsp3) is 0.316. The number of likely N-dealkylation sites (N-methyl/N-ethyl adjacent to an activating group) is 1. The molecule has 1 amide bonds. The fourth-order valence-corrected chi connectivity index (χ4v) is 6.87. The lowest BCUT2D eigenvalue weighted by Crippen LogP contribution is -2.60. The van der Waals surface area contributed by atoms with Crippen LogP contribution in [0.3, 0.4) is 0 Å². The first kappa shape index (κ1) is 35.7. The molecular formula is C38H45ClN5O3P. The number of nitrogens with zero attached hydrogens (tertiary/aromatic N) is 4. The summed E-state index contributed by atoms with van der Waals surface area (Å²) in [5.41, 5.74) is 3.48. The van der Waals surface area contributed by atoms with Gasteiger partial charge in [-0.1, -0.05) is 109 Å². The molecule has 1 fully saturated rings. The molecule has 252 valence electrons. The predicted octanol–water partition coefficient (Wildman–Crippen LogP) is 6.92. The molecule has 1 saturated heterocycles. The lowest BCUT2D eigenvalue weighted by atomic mass is 9.75. The molecule has 0 aromatic heterocycles. The first-order valence-corrected chi connectivity index (χ1v) is 18.3.